The molecule has 0 aliphatic carbocycles. The van der Waals surface area contributed by atoms with Crippen LogP contribution in [0.1, 0.15) is 16.1 Å². The summed E-state index contributed by atoms with van der Waals surface area (Å²) in [7, 11) is 1.34. The Morgan fingerprint density at radius 2 is 2.03 bits per heavy atom. The lowest BCUT2D eigenvalue weighted by Crippen LogP contribution is -2.17. The van der Waals surface area contributed by atoms with Crippen LogP contribution in [0.25, 0.3) is 10.7 Å². The molecule has 0 aliphatic rings. The van der Waals surface area contributed by atoms with Crippen molar-refractivity contribution in [3.8, 4) is 22.2 Å². The van der Waals surface area contributed by atoms with Crippen LogP contribution in [0.15, 0.2) is 40.7 Å². The average molecular weight is 437 g/mol. The van der Waals surface area contributed by atoms with Crippen molar-refractivity contribution >= 4 is 34.7 Å². The molecule has 1 N–H and O–H groups in total. The lowest BCUT2D eigenvalue weighted by Gasteiger charge is -2.14. The molecule has 0 saturated heterocycles. The Kier molecular flexibility index (Phi) is 6.65. The van der Waals surface area contributed by atoms with E-state index in [1.165, 1.54) is 48.4 Å². The van der Waals surface area contributed by atoms with Gasteiger partial charge in [-0.3, -0.25) is 4.79 Å². The van der Waals surface area contributed by atoms with Crippen LogP contribution >= 0.6 is 23.1 Å². The number of alkyl halides is 2. The van der Waals surface area contributed by atoms with Gasteiger partial charge >= 0.3 is 6.61 Å². The van der Waals surface area contributed by atoms with Crippen molar-refractivity contribution in [1.29, 1.82) is 0 Å². The molecule has 0 fully saturated rings. The molecule has 0 atom stereocenters. The molecule has 0 radical (unpaired) electrons. The molecular weight excluding hydrogens is 420 g/mol. The van der Waals surface area contributed by atoms with E-state index in [4.69, 9.17) is 4.74 Å². The van der Waals surface area contributed by atoms with Crippen LogP contribution in [0.2, 0.25) is 0 Å². The third kappa shape index (κ3) is 4.83. The predicted octanol–water partition coefficient (Wildman–Crippen LogP) is 5.10. The molecule has 3 aromatic rings. The number of benzene rings is 1. The molecule has 0 spiro atoms. The Hall–Kier alpha value is -2.72. The zero-order valence-electron chi connectivity index (χ0n) is 15.7. The summed E-state index contributed by atoms with van der Waals surface area (Å²) in [5.74, 6) is 0.0625. The molecule has 2 aromatic heterocycles. The van der Waals surface area contributed by atoms with Crippen molar-refractivity contribution in [2.75, 3.05) is 18.7 Å². The number of aryl methyl sites for hydroxylation is 1. The summed E-state index contributed by atoms with van der Waals surface area (Å²) in [4.78, 5) is 22.7. The number of nitrogens with zero attached hydrogens (tertiary/aromatic N) is 2. The Bertz CT molecular complexity index is 1010. The zero-order chi connectivity index (χ0) is 21.0. The Balaban J connectivity index is 1.91. The number of hydrogen-bond donors (Lipinski definition) is 1. The smallest absolute Gasteiger partial charge is 0.387 e. The number of rotatable bonds is 7. The van der Waals surface area contributed by atoms with Gasteiger partial charge in [0.1, 0.15) is 5.03 Å². The van der Waals surface area contributed by atoms with Gasteiger partial charge in [0.15, 0.2) is 17.3 Å². The van der Waals surface area contributed by atoms with Crippen molar-refractivity contribution in [2.24, 2.45) is 0 Å². The van der Waals surface area contributed by atoms with Gasteiger partial charge in [-0.1, -0.05) is 6.07 Å². The van der Waals surface area contributed by atoms with Crippen molar-refractivity contribution in [3.05, 3.63) is 47.0 Å². The third-order valence-electron chi connectivity index (χ3n) is 3.86. The number of methoxy groups -OCH3 is 1. The van der Waals surface area contributed by atoms with Gasteiger partial charge in [0.05, 0.1) is 23.2 Å². The second kappa shape index (κ2) is 9.19. The van der Waals surface area contributed by atoms with E-state index in [1.54, 1.807) is 6.92 Å². The van der Waals surface area contributed by atoms with Gasteiger partial charge in [0.2, 0.25) is 0 Å². The van der Waals surface area contributed by atoms with E-state index in [-0.39, 0.29) is 17.2 Å². The first-order valence-electron chi connectivity index (χ1n) is 8.33. The number of thioether (sulfide) groups is 1. The molecule has 2 heterocycles. The second-order valence-corrected chi connectivity index (χ2v) is 7.44. The number of aromatic nitrogens is 2. The fourth-order valence-electron chi connectivity index (χ4n) is 2.61. The highest BCUT2D eigenvalue weighted by Crippen LogP contribution is 2.32. The van der Waals surface area contributed by atoms with Crippen LogP contribution in [-0.4, -0.2) is 35.9 Å². The second-order valence-electron chi connectivity index (χ2n) is 5.69. The summed E-state index contributed by atoms with van der Waals surface area (Å²) in [5.41, 5.74) is 1.12. The first kappa shape index (κ1) is 21.0. The van der Waals surface area contributed by atoms with E-state index in [9.17, 15) is 13.6 Å². The van der Waals surface area contributed by atoms with Gasteiger partial charge in [0.25, 0.3) is 5.91 Å². The van der Waals surface area contributed by atoms with Crippen molar-refractivity contribution in [1.82, 2.24) is 9.97 Å². The zero-order valence-corrected chi connectivity index (χ0v) is 17.4. The molecule has 152 valence electrons. The normalized spacial score (nSPS) is 10.8. The summed E-state index contributed by atoms with van der Waals surface area (Å²) < 4.78 is 34.7. The van der Waals surface area contributed by atoms with E-state index in [2.05, 4.69) is 20.0 Å². The summed E-state index contributed by atoms with van der Waals surface area (Å²) >= 11 is 2.84. The lowest BCUT2D eigenvalue weighted by molar-refractivity contribution is -0.0511. The first-order chi connectivity index (χ1) is 13.9. The van der Waals surface area contributed by atoms with Crippen LogP contribution < -0.4 is 14.8 Å². The molecule has 1 aromatic carbocycles. The summed E-state index contributed by atoms with van der Waals surface area (Å²) in [6, 6.07) is 8.06. The van der Waals surface area contributed by atoms with Gasteiger partial charge < -0.3 is 14.8 Å². The van der Waals surface area contributed by atoms with Crippen molar-refractivity contribution < 1.29 is 23.0 Å². The maximum atomic E-state index is 12.9. The van der Waals surface area contributed by atoms with E-state index < -0.39 is 12.5 Å². The highest BCUT2D eigenvalue weighted by molar-refractivity contribution is 7.98. The molecular formula is C19H17F2N3O3S2. The summed E-state index contributed by atoms with van der Waals surface area (Å²) in [6.45, 7) is -1.29. The highest BCUT2D eigenvalue weighted by Gasteiger charge is 2.20. The van der Waals surface area contributed by atoms with E-state index in [0.29, 0.717) is 22.1 Å². The monoisotopic (exact) mass is 437 g/mol. The maximum absolute atomic E-state index is 12.9. The largest absolute Gasteiger partial charge is 0.493 e. The number of anilines is 1. The Morgan fingerprint density at radius 3 is 2.66 bits per heavy atom. The number of halogens is 2. The van der Waals surface area contributed by atoms with Gasteiger partial charge in [-0.15, -0.1) is 23.1 Å². The number of amides is 1. The molecule has 3 rings (SSSR count). The highest BCUT2D eigenvalue weighted by atomic mass is 32.2. The quantitative estimate of drug-likeness (QED) is 0.410. The van der Waals surface area contributed by atoms with E-state index in [1.807, 2.05) is 23.8 Å². The number of thiophene rings is 1. The SMILES string of the molecule is COc1ccc(NC(=O)c2c(C)nc(-c3cccs3)nc2SC)cc1OC(F)F. The molecule has 0 bridgehead atoms. The topological polar surface area (TPSA) is 73.3 Å². The number of hydrogen-bond acceptors (Lipinski definition) is 7. The number of carbonyl (C=O) groups excluding carboxylic acids is 1. The number of nitrogens with one attached hydrogen (secondary N) is 1. The molecule has 6 nitrogen and oxygen atoms in total. The van der Waals surface area contributed by atoms with Gasteiger partial charge in [-0.2, -0.15) is 8.78 Å². The Morgan fingerprint density at radius 1 is 1.24 bits per heavy atom. The number of carbonyl (C=O) groups is 1. The lowest BCUT2D eigenvalue weighted by atomic mass is 10.2. The van der Waals surface area contributed by atoms with Crippen molar-refractivity contribution in [3.63, 3.8) is 0 Å². The summed E-state index contributed by atoms with van der Waals surface area (Å²) in [6.07, 6.45) is 1.82. The van der Waals surface area contributed by atoms with Gasteiger partial charge in [-0.25, -0.2) is 9.97 Å². The minimum Gasteiger partial charge on any atom is -0.493 e. The van der Waals surface area contributed by atoms with Crippen LogP contribution in [0.3, 0.4) is 0 Å². The average Bonchev–Trinajstić information content (AvgIpc) is 3.21. The van der Waals surface area contributed by atoms with Crippen LogP contribution in [0.4, 0.5) is 14.5 Å². The molecule has 1 amide bonds. The minimum absolute atomic E-state index is 0.132. The minimum atomic E-state index is -3.02. The fourth-order valence-corrected chi connectivity index (χ4v) is 3.89. The van der Waals surface area contributed by atoms with Crippen LogP contribution in [0, 0.1) is 6.92 Å². The van der Waals surface area contributed by atoms with E-state index in [0.717, 1.165) is 4.88 Å². The standard InChI is InChI=1S/C19H17F2N3O3S2/c1-10-15(18(28-3)24-16(22-10)14-5-4-8-29-14)17(25)23-11-6-7-12(26-2)13(9-11)27-19(20)21/h4-9,19H,1-3H3,(H,23,25). The number of ether oxygens (including phenoxy) is 2. The summed E-state index contributed by atoms with van der Waals surface area (Å²) in [5, 5.41) is 5.13. The Labute approximate surface area is 174 Å². The third-order valence-corrected chi connectivity index (χ3v) is 5.40. The molecule has 0 aliphatic heterocycles. The van der Waals surface area contributed by atoms with Gasteiger partial charge in [-0.05, 0) is 36.8 Å². The first-order valence-corrected chi connectivity index (χ1v) is 10.4. The molecule has 10 heteroatoms. The molecule has 29 heavy (non-hydrogen) atoms. The fraction of sp³-hybridized carbons (Fsp3) is 0.211. The van der Waals surface area contributed by atoms with E-state index >= 15 is 0 Å². The van der Waals surface area contributed by atoms with Crippen molar-refractivity contribution in [2.45, 2.75) is 18.6 Å². The van der Waals surface area contributed by atoms with Gasteiger partial charge in [0, 0.05) is 11.8 Å². The molecule has 0 saturated carbocycles. The maximum Gasteiger partial charge on any atom is 0.387 e. The molecule has 0 unspecified atom stereocenters. The van der Waals surface area contributed by atoms with Crippen LogP contribution in [0.5, 0.6) is 11.5 Å². The predicted molar refractivity (Wildman–Crippen MR) is 109 cm³/mol. The van der Waals surface area contributed by atoms with Crippen LogP contribution in [-0.2, 0) is 0 Å².